The van der Waals surface area contributed by atoms with Gasteiger partial charge in [0.15, 0.2) is 0 Å². The Morgan fingerprint density at radius 1 is 1.08 bits per heavy atom. The standard InChI is InChI=1S/C20H25NO4/c1-20(2,21-19(22)23)18-6-4-5-17(13-18)16-9-7-15(8-10-16)14-25-12-11-24-3/h4-10,13,21H,11-12,14H2,1-3H3,(H,22,23). The third-order valence-corrected chi connectivity index (χ3v) is 3.99. The summed E-state index contributed by atoms with van der Waals surface area (Å²) in [6.45, 7) is 5.41. The molecule has 2 rings (SSSR count). The van der Waals surface area contributed by atoms with Gasteiger partial charge in [-0.3, -0.25) is 0 Å². The topological polar surface area (TPSA) is 67.8 Å². The molecular formula is C20H25NO4. The molecule has 2 aromatic rings. The highest BCUT2D eigenvalue weighted by atomic mass is 16.5. The number of ether oxygens (including phenoxy) is 2. The van der Waals surface area contributed by atoms with Crippen LogP contribution < -0.4 is 5.32 Å². The average molecular weight is 343 g/mol. The SMILES string of the molecule is COCCOCc1ccc(-c2cccc(C(C)(C)NC(=O)O)c2)cc1. The molecule has 0 bridgehead atoms. The van der Waals surface area contributed by atoms with E-state index in [1.54, 1.807) is 7.11 Å². The van der Waals surface area contributed by atoms with E-state index in [9.17, 15) is 4.79 Å². The Hall–Kier alpha value is -2.37. The Kier molecular flexibility index (Phi) is 6.56. The van der Waals surface area contributed by atoms with E-state index in [1.807, 2.05) is 62.4 Å². The number of hydrogen-bond acceptors (Lipinski definition) is 3. The highest BCUT2D eigenvalue weighted by Crippen LogP contribution is 2.26. The van der Waals surface area contributed by atoms with Crippen LogP contribution in [0.5, 0.6) is 0 Å². The fourth-order valence-corrected chi connectivity index (χ4v) is 2.55. The Bertz CT molecular complexity index is 695. The molecule has 5 heteroatoms. The lowest BCUT2D eigenvalue weighted by Gasteiger charge is -2.25. The minimum absolute atomic E-state index is 0.555. The lowest BCUT2D eigenvalue weighted by molar-refractivity contribution is 0.0617. The normalized spacial score (nSPS) is 11.3. The molecule has 1 amide bonds. The largest absolute Gasteiger partial charge is 0.465 e. The summed E-state index contributed by atoms with van der Waals surface area (Å²) < 4.78 is 10.5. The highest BCUT2D eigenvalue weighted by Gasteiger charge is 2.22. The summed E-state index contributed by atoms with van der Waals surface area (Å²) in [4.78, 5) is 11.0. The Balaban J connectivity index is 2.11. The van der Waals surface area contributed by atoms with Gasteiger partial charge in [-0.1, -0.05) is 42.5 Å². The van der Waals surface area contributed by atoms with Crippen molar-refractivity contribution in [2.24, 2.45) is 0 Å². The molecule has 134 valence electrons. The van der Waals surface area contributed by atoms with Gasteiger partial charge in [0.25, 0.3) is 0 Å². The van der Waals surface area contributed by atoms with Crippen molar-refractivity contribution in [3.05, 3.63) is 59.7 Å². The van der Waals surface area contributed by atoms with Crippen LogP contribution in [0.25, 0.3) is 11.1 Å². The van der Waals surface area contributed by atoms with E-state index in [0.717, 1.165) is 22.3 Å². The summed E-state index contributed by atoms with van der Waals surface area (Å²) in [5, 5.41) is 11.5. The van der Waals surface area contributed by atoms with Crippen LogP contribution in [0.4, 0.5) is 4.79 Å². The van der Waals surface area contributed by atoms with Gasteiger partial charge in [0, 0.05) is 7.11 Å². The van der Waals surface area contributed by atoms with E-state index in [1.165, 1.54) is 0 Å². The number of carbonyl (C=O) groups is 1. The van der Waals surface area contributed by atoms with Crippen LogP contribution in [-0.2, 0) is 21.6 Å². The van der Waals surface area contributed by atoms with Crippen molar-refractivity contribution in [1.29, 1.82) is 0 Å². The van der Waals surface area contributed by atoms with Crippen molar-refractivity contribution in [2.45, 2.75) is 26.0 Å². The summed E-state index contributed by atoms with van der Waals surface area (Å²) in [5.74, 6) is 0. The molecule has 25 heavy (non-hydrogen) atoms. The Labute approximate surface area is 148 Å². The lowest BCUT2D eigenvalue weighted by Crippen LogP contribution is -2.40. The number of nitrogens with one attached hydrogen (secondary N) is 1. The highest BCUT2D eigenvalue weighted by molar-refractivity contribution is 5.68. The van der Waals surface area contributed by atoms with E-state index >= 15 is 0 Å². The van der Waals surface area contributed by atoms with Crippen LogP contribution in [0.2, 0.25) is 0 Å². The van der Waals surface area contributed by atoms with Crippen molar-refractivity contribution in [3.8, 4) is 11.1 Å². The molecule has 0 unspecified atom stereocenters. The fraction of sp³-hybridized carbons (Fsp3) is 0.350. The van der Waals surface area contributed by atoms with Gasteiger partial charge in [0.1, 0.15) is 0 Å². The third kappa shape index (κ3) is 5.59. The molecule has 0 spiro atoms. The van der Waals surface area contributed by atoms with Gasteiger partial charge in [-0.2, -0.15) is 0 Å². The van der Waals surface area contributed by atoms with E-state index in [2.05, 4.69) is 5.32 Å². The first-order valence-electron chi connectivity index (χ1n) is 8.20. The smallest absolute Gasteiger partial charge is 0.405 e. The van der Waals surface area contributed by atoms with Gasteiger partial charge < -0.3 is 19.9 Å². The van der Waals surface area contributed by atoms with E-state index in [0.29, 0.717) is 19.8 Å². The lowest BCUT2D eigenvalue weighted by atomic mass is 9.91. The Morgan fingerprint density at radius 3 is 2.44 bits per heavy atom. The van der Waals surface area contributed by atoms with E-state index in [-0.39, 0.29) is 0 Å². The molecular weight excluding hydrogens is 318 g/mol. The molecule has 0 fully saturated rings. The zero-order valence-electron chi connectivity index (χ0n) is 14.9. The second kappa shape index (κ2) is 8.65. The maximum Gasteiger partial charge on any atom is 0.405 e. The predicted octanol–water partition coefficient (Wildman–Crippen LogP) is 4.02. The molecule has 0 aromatic heterocycles. The molecule has 2 N–H and O–H groups in total. The second-order valence-electron chi connectivity index (χ2n) is 6.38. The second-order valence-corrected chi connectivity index (χ2v) is 6.38. The summed E-state index contributed by atoms with van der Waals surface area (Å²) in [6.07, 6.45) is -1.03. The van der Waals surface area contributed by atoms with Crippen LogP contribution in [0.3, 0.4) is 0 Å². The summed E-state index contributed by atoms with van der Waals surface area (Å²) >= 11 is 0. The maximum atomic E-state index is 11.0. The fourth-order valence-electron chi connectivity index (χ4n) is 2.55. The molecule has 5 nitrogen and oxygen atoms in total. The van der Waals surface area contributed by atoms with Crippen LogP contribution in [0, 0.1) is 0 Å². The number of methoxy groups -OCH3 is 1. The zero-order valence-corrected chi connectivity index (χ0v) is 14.9. The first-order valence-corrected chi connectivity index (χ1v) is 8.20. The minimum Gasteiger partial charge on any atom is -0.465 e. The minimum atomic E-state index is -1.03. The van der Waals surface area contributed by atoms with Gasteiger partial charge in [-0.25, -0.2) is 4.79 Å². The summed E-state index contributed by atoms with van der Waals surface area (Å²) in [5.41, 5.74) is 3.48. The van der Waals surface area contributed by atoms with E-state index < -0.39 is 11.6 Å². The quantitative estimate of drug-likeness (QED) is 0.711. The number of benzene rings is 2. The predicted molar refractivity (Wildman–Crippen MR) is 97.6 cm³/mol. The van der Waals surface area contributed by atoms with E-state index in [4.69, 9.17) is 14.6 Å². The van der Waals surface area contributed by atoms with Crippen molar-refractivity contribution in [3.63, 3.8) is 0 Å². The van der Waals surface area contributed by atoms with Crippen molar-refractivity contribution in [1.82, 2.24) is 5.32 Å². The van der Waals surface area contributed by atoms with Gasteiger partial charge in [0.2, 0.25) is 0 Å². The number of rotatable bonds is 8. The summed E-state index contributed by atoms with van der Waals surface area (Å²) in [7, 11) is 1.65. The van der Waals surface area contributed by atoms with Gasteiger partial charge in [-0.05, 0) is 42.2 Å². The summed E-state index contributed by atoms with van der Waals surface area (Å²) in [6, 6.07) is 16.1. The third-order valence-electron chi connectivity index (χ3n) is 3.99. The molecule has 0 aliphatic heterocycles. The zero-order chi connectivity index (χ0) is 18.3. The molecule has 0 heterocycles. The van der Waals surface area contributed by atoms with Crippen molar-refractivity contribution < 1.29 is 19.4 Å². The average Bonchev–Trinajstić information content (AvgIpc) is 2.58. The van der Waals surface area contributed by atoms with Crippen molar-refractivity contribution >= 4 is 6.09 Å². The van der Waals surface area contributed by atoms with Crippen molar-refractivity contribution in [2.75, 3.05) is 20.3 Å². The molecule has 0 aliphatic rings. The van der Waals surface area contributed by atoms with Gasteiger partial charge >= 0.3 is 6.09 Å². The van der Waals surface area contributed by atoms with Gasteiger partial charge in [-0.15, -0.1) is 0 Å². The molecule has 0 saturated carbocycles. The first kappa shape index (κ1) is 19.0. The molecule has 2 aromatic carbocycles. The molecule has 0 aliphatic carbocycles. The monoisotopic (exact) mass is 343 g/mol. The van der Waals surface area contributed by atoms with Crippen LogP contribution >= 0.6 is 0 Å². The van der Waals surface area contributed by atoms with Crippen LogP contribution in [-0.4, -0.2) is 31.5 Å². The number of amides is 1. The van der Waals surface area contributed by atoms with Crippen LogP contribution in [0.15, 0.2) is 48.5 Å². The van der Waals surface area contributed by atoms with Crippen LogP contribution in [0.1, 0.15) is 25.0 Å². The molecule has 0 radical (unpaired) electrons. The van der Waals surface area contributed by atoms with Gasteiger partial charge in [0.05, 0.1) is 25.4 Å². The first-order chi connectivity index (χ1) is 11.9. The number of hydrogen-bond donors (Lipinski definition) is 2. The Morgan fingerprint density at radius 2 is 1.80 bits per heavy atom. The molecule has 0 atom stereocenters. The molecule has 0 saturated heterocycles. The maximum absolute atomic E-state index is 11.0. The number of carboxylic acid groups (broad SMARTS) is 1.